The zero-order valence-corrected chi connectivity index (χ0v) is 9.86. The highest BCUT2D eigenvalue weighted by molar-refractivity contribution is 5.30. The van der Waals surface area contributed by atoms with E-state index in [0.29, 0.717) is 0 Å². The lowest BCUT2D eigenvalue weighted by Crippen LogP contribution is -2.13. The Morgan fingerprint density at radius 3 is 2.72 bits per heavy atom. The zero-order chi connectivity index (χ0) is 13.4. The minimum absolute atomic E-state index is 0.0235. The molecule has 18 heavy (non-hydrogen) atoms. The number of hydrazine groups is 1. The van der Waals surface area contributed by atoms with Crippen LogP contribution in [0.2, 0.25) is 0 Å². The summed E-state index contributed by atoms with van der Waals surface area (Å²) in [4.78, 5) is 0. The quantitative estimate of drug-likeness (QED) is 0.366. The molecule has 0 radical (unpaired) electrons. The van der Waals surface area contributed by atoms with E-state index in [1.54, 1.807) is 25.1 Å². The van der Waals surface area contributed by atoms with Crippen molar-refractivity contribution in [3.63, 3.8) is 0 Å². The molecule has 0 saturated heterocycles. The lowest BCUT2D eigenvalue weighted by Gasteiger charge is -2.07. The van der Waals surface area contributed by atoms with E-state index in [0.717, 1.165) is 12.3 Å². The van der Waals surface area contributed by atoms with Crippen molar-refractivity contribution < 1.29 is 13.5 Å². The number of para-hydroxylation sites is 1. The van der Waals surface area contributed by atoms with Gasteiger partial charge < -0.3 is 10.2 Å². The Balaban J connectivity index is 2.94. The first-order valence-electron chi connectivity index (χ1n) is 5.26. The third-order valence-corrected chi connectivity index (χ3v) is 1.90. The highest BCUT2D eigenvalue weighted by Crippen LogP contribution is 2.19. The fourth-order valence-corrected chi connectivity index (χ4v) is 1.19. The maximum absolute atomic E-state index is 13.4. The van der Waals surface area contributed by atoms with Crippen molar-refractivity contribution in [2.75, 3.05) is 0 Å². The average Bonchev–Trinajstić information content (AvgIpc) is 2.32. The summed E-state index contributed by atoms with van der Waals surface area (Å²) >= 11 is 0. The van der Waals surface area contributed by atoms with Crippen molar-refractivity contribution >= 4 is 0 Å². The Morgan fingerprint density at radius 1 is 1.39 bits per heavy atom. The minimum Gasteiger partial charge on any atom is -0.454 e. The third kappa shape index (κ3) is 4.39. The molecule has 0 spiro atoms. The largest absolute Gasteiger partial charge is 0.454 e. The van der Waals surface area contributed by atoms with Crippen LogP contribution in [0.3, 0.4) is 0 Å². The molecular formula is C13H14F2N2O. The number of hydrogen-bond donors (Lipinski definition) is 2. The molecule has 0 aliphatic heterocycles. The zero-order valence-electron chi connectivity index (χ0n) is 9.86. The number of hydrogen-bond acceptors (Lipinski definition) is 3. The maximum atomic E-state index is 13.4. The first-order valence-corrected chi connectivity index (χ1v) is 5.26. The second kappa shape index (κ2) is 7.24. The standard InChI is InChI=1S/C13H14F2N2O/c1-2-5-11(8-10(14)9-17-16)18-13-7-4-3-6-12(13)15/h2-9,17H,16H2,1H3/b5-2+,10-9-,11-8+. The molecule has 96 valence electrons. The van der Waals surface area contributed by atoms with Gasteiger partial charge in [0.15, 0.2) is 11.6 Å². The third-order valence-electron chi connectivity index (χ3n) is 1.90. The highest BCUT2D eigenvalue weighted by Gasteiger charge is 2.04. The van der Waals surface area contributed by atoms with Crippen LogP contribution in [0, 0.1) is 5.82 Å². The topological polar surface area (TPSA) is 47.3 Å². The minimum atomic E-state index is -0.637. The SMILES string of the molecule is C/C=C/C(=C\C(F)=C\NN)Oc1ccccc1F. The molecule has 0 aliphatic rings. The Morgan fingerprint density at radius 2 is 2.11 bits per heavy atom. The summed E-state index contributed by atoms with van der Waals surface area (Å²) in [6.07, 6.45) is 5.20. The first-order chi connectivity index (χ1) is 8.67. The summed E-state index contributed by atoms with van der Waals surface area (Å²) in [6.45, 7) is 1.74. The Bertz CT molecular complexity index is 482. The van der Waals surface area contributed by atoms with Crippen molar-refractivity contribution in [3.05, 3.63) is 66.1 Å². The van der Waals surface area contributed by atoms with Gasteiger partial charge in [-0.05, 0) is 25.1 Å². The van der Waals surface area contributed by atoms with Crippen molar-refractivity contribution in [1.29, 1.82) is 0 Å². The molecule has 0 unspecified atom stereocenters. The number of benzene rings is 1. The Labute approximate surface area is 104 Å². The molecule has 0 saturated carbocycles. The number of rotatable bonds is 5. The van der Waals surface area contributed by atoms with Crippen LogP contribution in [0.1, 0.15) is 6.92 Å². The van der Waals surface area contributed by atoms with Crippen LogP contribution in [0.5, 0.6) is 5.75 Å². The Kier molecular flexibility index (Phi) is 5.60. The number of allylic oxidation sites excluding steroid dienone is 4. The molecule has 0 heterocycles. The molecular weight excluding hydrogens is 238 g/mol. The van der Waals surface area contributed by atoms with Crippen molar-refractivity contribution in [3.8, 4) is 5.75 Å². The second-order valence-corrected chi connectivity index (χ2v) is 3.28. The van der Waals surface area contributed by atoms with Crippen LogP contribution in [-0.4, -0.2) is 0 Å². The van der Waals surface area contributed by atoms with Gasteiger partial charge in [-0.3, -0.25) is 5.84 Å². The lowest BCUT2D eigenvalue weighted by molar-refractivity contribution is 0.409. The summed E-state index contributed by atoms with van der Waals surface area (Å²) in [5, 5.41) is 0. The van der Waals surface area contributed by atoms with E-state index in [2.05, 4.69) is 5.43 Å². The Hall–Kier alpha value is -2.14. The van der Waals surface area contributed by atoms with E-state index < -0.39 is 11.6 Å². The predicted molar refractivity (Wildman–Crippen MR) is 66.4 cm³/mol. The molecule has 0 bridgehead atoms. The van der Waals surface area contributed by atoms with Crippen molar-refractivity contribution in [2.45, 2.75) is 6.92 Å². The molecule has 0 fully saturated rings. The molecule has 1 aromatic carbocycles. The van der Waals surface area contributed by atoms with Gasteiger partial charge in [0.25, 0.3) is 0 Å². The molecule has 5 heteroatoms. The lowest BCUT2D eigenvalue weighted by atomic mass is 10.3. The van der Waals surface area contributed by atoms with E-state index in [9.17, 15) is 8.78 Å². The normalized spacial score (nSPS) is 12.9. The molecule has 0 aromatic heterocycles. The van der Waals surface area contributed by atoms with Gasteiger partial charge in [-0.25, -0.2) is 8.78 Å². The fourth-order valence-electron chi connectivity index (χ4n) is 1.19. The van der Waals surface area contributed by atoms with Crippen LogP contribution in [0.25, 0.3) is 0 Å². The molecule has 0 aliphatic carbocycles. The average molecular weight is 252 g/mol. The van der Waals surface area contributed by atoms with Gasteiger partial charge in [0.05, 0.1) is 0 Å². The monoisotopic (exact) mass is 252 g/mol. The smallest absolute Gasteiger partial charge is 0.165 e. The van der Waals surface area contributed by atoms with Gasteiger partial charge in [0.1, 0.15) is 11.6 Å². The van der Waals surface area contributed by atoms with Gasteiger partial charge in [0, 0.05) is 12.3 Å². The molecule has 3 nitrogen and oxygen atoms in total. The molecule has 0 amide bonds. The number of nitrogens with one attached hydrogen (secondary N) is 1. The predicted octanol–water partition coefficient (Wildman–Crippen LogP) is 2.94. The van der Waals surface area contributed by atoms with Crippen LogP contribution >= 0.6 is 0 Å². The molecule has 0 atom stereocenters. The molecule has 3 N–H and O–H groups in total. The van der Waals surface area contributed by atoms with Crippen molar-refractivity contribution in [1.82, 2.24) is 5.43 Å². The van der Waals surface area contributed by atoms with E-state index >= 15 is 0 Å². The van der Waals surface area contributed by atoms with E-state index in [1.165, 1.54) is 18.2 Å². The summed E-state index contributed by atoms with van der Waals surface area (Å²) in [7, 11) is 0. The van der Waals surface area contributed by atoms with Crippen LogP contribution < -0.4 is 16.0 Å². The van der Waals surface area contributed by atoms with E-state index in [4.69, 9.17) is 10.6 Å². The summed E-state index contributed by atoms with van der Waals surface area (Å²) < 4.78 is 31.8. The number of ether oxygens (including phenoxy) is 1. The van der Waals surface area contributed by atoms with Crippen LogP contribution in [0.15, 0.2) is 60.3 Å². The first kappa shape index (κ1) is 13.9. The number of halogens is 2. The number of nitrogens with two attached hydrogens (primary N) is 1. The summed E-state index contributed by atoms with van der Waals surface area (Å²) in [5.74, 6) is 3.97. The van der Waals surface area contributed by atoms with Crippen molar-refractivity contribution in [2.24, 2.45) is 5.84 Å². The summed E-state index contributed by atoms with van der Waals surface area (Å²) in [5.41, 5.74) is 2.05. The van der Waals surface area contributed by atoms with E-state index in [1.807, 2.05) is 0 Å². The van der Waals surface area contributed by atoms with Crippen LogP contribution in [0.4, 0.5) is 8.78 Å². The molecule has 1 rings (SSSR count). The summed E-state index contributed by atoms with van der Waals surface area (Å²) in [6, 6.07) is 5.88. The maximum Gasteiger partial charge on any atom is 0.165 e. The van der Waals surface area contributed by atoms with Gasteiger partial charge in [-0.2, -0.15) is 0 Å². The van der Waals surface area contributed by atoms with Gasteiger partial charge in [-0.1, -0.05) is 18.2 Å². The second-order valence-electron chi connectivity index (χ2n) is 3.28. The van der Waals surface area contributed by atoms with Gasteiger partial charge in [-0.15, -0.1) is 0 Å². The van der Waals surface area contributed by atoms with Gasteiger partial charge >= 0.3 is 0 Å². The van der Waals surface area contributed by atoms with E-state index in [-0.39, 0.29) is 11.5 Å². The van der Waals surface area contributed by atoms with Crippen LogP contribution in [-0.2, 0) is 0 Å². The fraction of sp³-hybridized carbons (Fsp3) is 0.0769. The molecule has 1 aromatic rings. The van der Waals surface area contributed by atoms with Gasteiger partial charge in [0.2, 0.25) is 0 Å². The highest BCUT2D eigenvalue weighted by atomic mass is 19.1.